The molecule has 3 aromatic heterocycles. The van der Waals surface area contributed by atoms with Crippen molar-refractivity contribution in [1.29, 1.82) is 5.26 Å². The molecule has 0 saturated carbocycles. The van der Waals surface area contributed by atoms with Crippen molar-refractivity contribution in [3.63, 3.8) is 0 Å². The zero-order valence-corrected chi connectivity index (χ0v) is 16.5. The number of aromatic nitrogens is 4. The first-order valence-corrected chi connectivity index (χ1v) is 10.0. The SMILES string of the molecule is N#CCCN(C(=O)CSc1nc(-c2ccco2)nc2cc(=O)[nH]n12)c1ccccc1. The van der Waals surface area contributed by atoms with Gasteiger partial charge in [-0.1, -0.05) is 30.0 Å². The molecule has 0 saturated heterocycles. The van der Waals surface area contributed by atoms with Crippen molar-refractivity contribution < 1.29 is 9.21 Å². The van der Waals surface area contributed by atoms with Crippen LogP contribution in [-0.2, 0) is 4.79 Å². The van der Waals surface area contributed by atoms with Gasteiger partial charge in [0.05, 0.1) is 24.5 Å². The number of para-hydroxylation sites is 1. The summed E-state index contributed by atoms with van der Waals surface area (Å²) in [6.45, 7) is 0.289. The molecular formula is C20H16N6O3S. The summed E-state index contributed by atoms with van der Waals surface area (Å²) in [6, 6.07) is 16.0. The van der Waals surface area contributed by atoms with Crippen LogP contribution in [0.15, 0.2) is 69.2 Å². The number of rotatable bonds is 7. The maximum Gasteiger partial charge on any atom is 0.266 e. The third-order valence-electron chi connectivity index (χ3n) is 4.21. The lowest BCUT2D eigenvalue weighted by Crippen LogP contribution is -2.33. The molecule has 0 atom stereocenters. The number of furan rings is 1. The Morgan fingerprint density at radius 1 is 1.23 bits per heavy atom. The summed E-state index contributed by atoms with van der Waals surface area (Å²) >= 11 is 1.17. The number of fused-ring (bicyclic) bond motifs is 1. The summed E-state index contributed by atoms with van der Waals surface area (Å²) in [5.74, 6) is 0.657. The van der Waals surface area contributed by atoms with E-state index < -0.39 is 0 Å². The molecule has 9 nitrogen and oxygen atoms in total. The normalized spacial score (nSPS) is 10.8. The molecule has 4 rings (SSSR count). The van der Waals surface area contributed by atoms with E-state index in [9.17, 15) is 9.59 Å². The fraction of sp³-hybridized carbons (Fsp3) is 0.150. The van der Waals surface area contributed by atoms with E-state index >= 15 is 0 Å². The van der Waals surface area contributed by atoms with Crippen LogP contribution in [0.25, 0.3) is 17.2 Å². The van der Waals surface area contributed by atoms with E-state index in [4.69, 9.17) is 9.68 Å². The van der Waals surface area contributed by atoms with E-state index in [0.29, 0.717) is 22.4 Å². The Kier molecular flexibility index (Phi) is 5.63. The predicted molar refractivity (Wildman–Crippen MR) is 111 cm³/mol. The van der Waals surface area contributed by atoms with E-state index in [2.05, 4.69) is 21.1 Å². The van der Waals surface area contributed by atoms with Crippen LogP contribution in [0.5, 0.6) is 0 Å². The monoisotopic (exact) mass is 420 g/mol. The van der Waals surface area contributed by atoms with Gasteiger partial charge < -0.3 is 9.32 Å². The summed E-state index contributed by atoms with van der Waals surface area (Å²) in [5.41, 5.74) is 0.770. The summed E-state index contributed by atoms with van der Waals surface area (Å²) in [5, 5.41) is 12.0. The molecule has 0 aliphatic heterocycles. The van der Waals surface area contributed by atoms with Crippen LogP contribution in [0.3, 0.4) is 0 Å². The van der Waals surface area contributed by atoms with E-state index in [0.717, 1.165) is 5.69 Å². The maximum atomic E-state index is 12.9. The minimum Gasteiger partial charge on any atom is -0.461 e. The fourth-order valence-corrected chi connectivity index (χ4v) is 3.70. The number of nitriles is 1. The Balaban J connectivity index is 1.61. The highest BCUT2D eigenvalue weighted by atomic mass is 32.2. The minimum absolute atomic E-state index is 0.0598. The molecule has 3 heterocycles. The molecule has 0 aliphatic rings. The lowest BCUT2D eigenvalue weighted by molar-refractivity contribution is -0.116. The number of thioether (sulfide) groups is 1. The molecule has 1 amide bonds. The van der Waals surface area contributed by atoms with Crippen molar-refractivity contribution in [2.24, 2.45) is 0 Å². The standard InChI is InChI=1S/C20H16N6O3S/c21-9-5-10-25(14-6-2-1-3-7-14)18(28)13-30-20-23-19(15-8-4-11-29-15)22-16-12-17(27)24-26(16)20/h1-4,6-8,11-12H,5,10,13H2,(H,24,27). The number of nitrogens with one attached hydrogen (secondary N) is 1. The van der Waals surface area contributed by atoms with Crippen LogP contribution in [0.1, 0.15) is 6.42 Å². The van der Waals surface area contributed by atoms with Gasteiger partial charge in [0.2, 0.25) is 5.91 Å². The van der Waals surface area contributed by atoms with Crippen molar-refractivity contribution >= 4 is 29.0 Å². The smallest absolute Gasteiger partial charge is 0.266 e. The number of anilines is 1. The molecule has 150 valence electrons. The number of carbonyl (C=O) groups is 1. The highest BCUT2D eigenvalue weighted by molar-refractivity contribution is 7.99. The first kappa shape index (κ1) is 19.5. The third kappa shape index (κ3) is 4.11. The average Bonchev–Trinajstić information content (AvgIpc) is 3.42. The van der Waals surface area contributed by atoms with Crippen molar-refractivity contribution in [2.45, 2.75) is 11.6 Å². The first-order valence-electron chi connectivity index (χ1n) is 9.04. The molecule has 0 spiro atoms. The summed E-state index contributed by atoms with van der Waals surface area (Å²) in [7, 11) is 0. The quantitative estimate of drug-likeness (QED) is 0.456. The lowest BCUT2D eigenvalue weighted by Gasteiger charge is -2.21. The number of carbonyl (C=O) groups excluding carboxylic acids is 1. The second kappa shape index (κ2) is 8.67. The van der Waals surface area contributed by atoms with Gasteiger partial charge in [-0.05, 0) is 24.3 Å². The van der Waals surface area contributed by atoms with E-state index in [1.807, 2.05) is 30.3 Å². The second-order valence-electron chi connectivity index (χ2n) is 6.20. The van der Waals surface area contributed by atoms with Crippen LogP contribution in [-0.4, -0.2) is 37.8 Å². The molecule has 0 aliphatic carbocycles. The topological polar surface area (TPSA) is 120 Å². The van der Waals surface area contributed by atoms with Gasteiger partial charge in [0.1, 0.15) is 0 Å². The zero-order chi connectivity index (χ0) is 20.9. The number of hydrogen-bond acceptors (Lipinski definition) is 7. The van der Waals surface area contributed by atoms with Crippen LogP contribution < -0.4 is 10.5 Å². The molecule has 0 bridgehead atoms. The molecule has 0 unspecified atom stereocenters. The Morgan fingerprint density at radius 2 is 2.07 bits per heavy atom. The van der Waals surface area contributed by atoms with Gasteiger partial charge in [0.15, 0.2) is 22.4 Å². The molecule has 10 heteroatoms. The zero-order valence-electron chi connectivity index (χ0n) is 15.7. The lowest BCUT2D eigenvalue weighted by atomic mass is 10.2. The van der Waals surface area contributed by atoms with Gasteiger partial charge >= 0.3 is 0 Å². The Bertz CT molecular complexity index is 1260. The number of hydrogen-bond donors (Lipinski definition) is 1. The highest BCUT2D eigenvalue weighted by Gasteiger charge is 2.18. The van der Waals surface area contributed by atoms with Gasteiger partial charge in [0, 0.05) is 18.3 Å². The molecule has 1 aromatic carbocycles. The van der Waals surface area contributed by atoms with E-state index in [1.165, 1.54) is 28.6 Å². The maximum absolute atomic E-state index is 12.9. The Hall–Kier alpha value is -3.84. The number of H-pyrrole nitrogens is 1. The van der Waals surface area contributed by atoms with Gasteiger partial charge in [-0.3, -0.25) is 14.7 Å². The van der Waals surface area contributed by atoms with Crippen molar-refractivity contribution in [1.82, 2.24) is 19.6 Å². The highest BCUT2D eigenvalue weighted by Crippen LogP contribution is 2.23. The van der Waals surface area contributed by atoms with E-state index in [-0.39, 0.29) is 30.2 Å². The summed E-state index contributed by atoms with van der Waals surface area (Å²) in [6.07, 6.45) is 1.73. The van der Waals surface area contributed by atoms with Crippen molar-refractivity contribution in [3.05, 3.63) is 65.1 Å². The first-order chi connectivity index (χ1) is 14.7. The van der Waals surface area contributed by atoms with Crippen LogP contribution in [0, 0.1) is 11.3 Å². The minimum atomic E-state index is -0.325. The molecule has 4 aromatic rings. The van der Waals surface area contributed by atoms with Crippen molar-refractivity contribution in [2.75, 3.05) is 17.2 Å². The van der Waals surface area contributed by atoms with E-state index in [1.54, 1.807) is 17.0 Å². The Labute approximate surface area is 175 Å². The number of nitrogens with zero attached hydrogens (tertiary/aromatic N) is 5. The van der Waals surface area contributed by atoms with Gasteiger partial charge in [0.25, 0.3) is 5.56 Å². The molecule has 30 heavy (non-hydrogen) atoms. The van der Waals surface area contributed by atoms with Crippen molar-refractivity contribution in [3.8, 4) is 17.7 Å². The number of aromatic amines is 1. The Morgan fingerprint density at radius 3 is 2.80 bits per heavy atom. The predicted octanol–water partition coefficient (Wildman–Crippen LogP) is 2.72. The van der Waals surface area contributed by atoms with Crippen LogP contribution >= 0.6 is 11.8 Å². The third-order valence-corrected chi connectivity index (χ3v) is 5.13. The summed E-state index contributed by atoms with van der Waals surface area (Å²) < 4.78 is 6.80. The summed E-state index contributed by atoms with van der Waals surface area (Å²) in [4.78, 5) is 35.1. The fourth-order valence-electron chi connectivity index (χ4n) is 2.87. The average molecular weight is 420 g/mol. The molecule has 1 N–H and O–H groups in total. The largest absolute Gasteiger partial charge is 0.461 e. The van der Waals surface area contributed by atoms with Crippen LogP contribution in [0.4, 0.5) is 5.69 Å². The molecule has 0 fully saturated rings. The second-order valence-corrected chi connectivity index (χ2v) is 7.14. The van der Waals surface area contributed by atoms with Crippen LogP contribution in [0.2, 0.25) is 0 Å². The number of amides is 1. The van der Waals surface area contributed by atoms with Gasteiger partial charge in [-0.25, -0.2) is 9.50 Å². The molecular weight excluding hydrogens is 404 g/mol. The number of benzene rings is 1. The van der Waals surface area contributed by atoms with Gasteiger partial charge in [-0.15, -0.1) is 0 Å². The molecule has 0 radical (unpaired) electrons. The van der Waals surface area contributed by atoms with Gasteiger partial charge in [-0.2, -0.15) is 10.2 Å².